The van der Waals surface area contributed by atoms with Gasteiger partial charge in [0.25, 0.3) is 11.8 Å². The van der Waals surface area contributed by atoms with Crippen LogP contribution in [0.25, 0.3) is 10.9 Å². The van der Waals surface area contributed by atoms with Gasteiger partial charge in [-0.3, -0.25) is 25.3 Å². The Balaban J connectivity index is 1.25. The van der Waals surface area contributed by atoms with Gasteiger partial charge in [0.2, 0.25) is 0 Å². The van der Waals surface area contributed by atoms with Crippen molar-refractivity contribution in [2.24, 2.45) is 0 Å². The first-order chi connectivity index (χ1) is 13.7. The third kappa shape index (κ3) is 4.07. The summed E-state index contributed by atoms with van der Waals surface area (Å²) in [6.45, 7) is 2.02. The van der Waals surface area contributed by atoms with Crippen molar-refractivity contribution in [3.05, 3.63) is 71.9 Å². The van der Waals surface area contributed by atoms with Crippen LogP contribution < -0.4 is 10.9 Å². The van der Waals surface area contributed by atoms with Gasteiger partial charge in [0.15, 0.2) is 0 Å². The van der Waals surface area contributed by atoms with Gasteiger partial charge in [-0.1, -0.05) is 36.4 Å². The average Bonchev–Trinajstić information content (AvgIpc) is 3.17. The van der Waals surface area contributed by atoms with Gasteiger partial charge in [-0.05, 0) is 55.6 Å². The zero-order valence-electron chi connectivity index (χ0n) is 15.7. The Bertz CT molecular complexity index is 959. The molecule has 3 aromatic rings. The van der Waals surface area contributed by atoms with Crippen LogP contribution in [0.4, 0.5) is 0 Å². The van der Waals surface area contributed by atoms with Crippen LogP contribution in [0.2, 0.25) is 0 Å². The van der Waals surface area contributed by atoms with Crippen LogP contribution in [-0.4, -0.2) is 41.3 Å². The van der Waals surface area contributed by atoms with E-state index in [-0.39, 0.29) is 18.4 Å². The molecule has 144 valence electrons. The summed E-state index contributed by atoms with van der Waals surface area (Å²) in [7, 11) is 0. The minimum absolute atomic E-state index is 0.199. The lowest BCUT2D eigenvalue weighted by atomic mass is 9.89. The molecule has 1 saturated heterocycles. The average molecular weight is 376 g/mol. The number of aromatic amines is 1. The van der Waals surface area contributed by atoms with E-state index in [4.69, 9.17) is 0 Å². The molecule has 1 aromatic heterocycles. The van der Waals surface area contributed by atoms with Crippen LogP contribution in [0.3, 0.4) is 0 Å². The van der Waals surface area contributed by atoms with Gasteiger partial charge in [-0.2, -0.15) is 0 Å². The summed E-state index contributed by atoms with van der Waals surface area (Å²) in [5.74, 6) is -0.00457. The SMILES string of the molecule is O=C(CN1CCC(c2c[nH]c3ccccc23)CC1)NNC(=O)c1ccccc1. The number of rotatable bonds is 4. The van der Waals surface area contributed by atoms with E-state index < -0.39 is 0 Å². The lowest BCUT2D eigenvalue weighted by molar-refractivity contribution is -0.123. The lowest BCUT2D eigenvalue weighted by Crippen LogP contribution is -2.47. The Labute approximate surface area is 163 Å². The molecule has 0 atom stereocenters. The van der Waals surface area contributed by atoms with E-state index in [0.717, 1.165) is 25.9 Å². The number of piperidine rings is 1. The standard InChI is InChI=1S/C22H24N4O2/c27-21(24-25-22(28)17-6-2-1-3-7-17)15-26-12-10-16(11-13-26)19-14-23-20-9-5-4-8-18(19)20/h1-9,14,16,23H,10-13,15H2,(H,24,27)(H,25,28). The fourth-order valence-corrected chi connectivity index (χ4v) is 3.86. The van der Waals surface area contributed by atoms with Crippen LogP contribution >= 0.6 is 0 Å². The molecule has 1 aliphatic heterocycles. The second kappa shape index (κ2) is 8.27. The van der Waals surface area contributed by atoms with Gasteiger partial charge in [0.05, 0.1) is 6.54 Å². The van der Waals surface area contributed by atoms with Crippen molar-refractivity contribution in [3.8, 4) is 0 Å². The Morgan fingerprint density at radius 3 is 2.46 bits per heavy atom. The van der Waals surface area contributed by atoms with E-state index in [9.17, 15) is 9.59 Å². The number of carbonyl (C=O) groups is 2. The van der Waals surface area contributed by atoms with Crippen molar-refractivity contribution in [1.82, 2.24) is 20.7 Å². The van der Waals surface area contributed by atoms with Crippen LogP contribution in [0.1, 0.15) is 34.7 Å². The Hall–Kier alpha value is -3.12. The highest BCUT2D eigenvalue weighted by Gasteiger charge is 2.24. The van der Waals surface area contributed by atoms with Gasteiger partial charge >= 0.3 is 0 Å². The number of carbonyl (C=O) groups excluding carboxylic acids is 2. The van der Waals surface area contributed by atoms with Crippen molar-refractivity contribution in [2.45, 2.75) is 18.8 Å². The molecule has 6 nitrogen and oxygen atoms in total. The minimum atomic E-state index is -0.313. The first-order valence-corrected chi connectivity index (χ1v) is 9.63. The molecule has 0 unspecified atom stereocenters. The van der Waals surface area contributed by atoms with E-state index in [1.54, 1.807) is 24.3 Å². The number of amides is 2. The van der Waals surface area contributed by atoms with Gasteiger partial charge in [-0.25, -0.2) is 0 Å². The molecule has 0 spiro atoms. The number of aromatic nitrogens is 1. The number of likely N-dealkylation sites (tertiary alicyclic amines) is 1. The van der Waals surface area contributed by atoms with Crippen molar-refractivity contribution in [1.29, 1.82) is 0 Å². The molecule has 28 heavy (non-hydrogen) atoms. The molecule has 2 aromatic carbocycles. The maximum Gasteiger partial charge on any atom is 0.269 e. The number of hydrazine groups is 1. The third-order valence-corrected chi connectivity index (χ3v) is 5.37. The van der Waals surface area contributed by atoms with Gasteiger partial charge < -0.3 is 4.98 Å². The number of benzene rings is 2. The summed E-state index contributed by atoms with van der Waals surface area (Å²) < 4.78 is 0. The number of nitrogens with one attached hydrogen (secondary N) is 3. The summed E-state index contributed by atoms with van der Waals surface area (Å²) in [5, 5.41) is 1.29. The van der Waals surface area contributed by atoms with Gasteiger partial charge in [-0.15, -0.1) is 0 Å². The molecule has 0 bridgehead atoms. The minimum Gasteiger partial charge on any atom is -0.361 e. The highest BCUT2D eigenvalue weighted by Crippen LogP contribution is 2.32. The van der Waals surface area contributed by atoms with E-state index in [2.05, 4.69) is 45.1 Å². The quantitative estimate of drug-likeness (QED) is 0.613. The first kappa shape index (κ1) is 18.3. The molecule has 3 N–H and O–H groups in total. The zero-order chi connectivity index (χ0) is 19.3. The fourth-order valence-electron chi connectivity index (χ4n) is 3.86. The summed E-state index contributed by atoms with van der Waals surface area (Å²) >= 11 is 0. The van der Waals surface area contributed by atoms with Crippen LogP contribution in [-0.2, 0) is 4.79 Å². The maximum absolute atomic E-state index is 12.2. The fraction of sp³-hybridized carbons (Fsp3) is 0.273. The van der Waals surface area contributed by atoms with Crippen LogP contribution in [0.15, 0.2) is 60.8 Å². The van der Waals surface area contributed by atoms with Crippen molar-refractivity contribution >= 4 is 22.7 Å². The van der Waals surface area contributed by atoms with Crippen LogP contribution in [0, 0.1) is 0 Å². The predicted molar refractivity (Wildman–Crippen MR) is 109 cm³/mol. The molecule has 2 heterocycles. The van der Waals surface area contributed by atoms with Gasteiger partial charge in [0.1, 0.15) is 0 Å². The number of nitrogens with zero attached hydrogens (tertiary/aromatic N) is 1. The highest BCUT2D eigenvalue weighted by molar-refractivity contribution is 5.95. The number of hydrogen-bond donors (Lipinski definition) is 3. The number of hydrogen-bond acceptors (Lipinski definition) is 3. The maximum atomic E-state index is 12.2. The Morgan fingerprint density at radius 1 is 0.964 bits per heavy atom. The van der Waals surface area contributed by atoms with Crippen molar-refractivity contribution in [3.63, 3.8) is 0 Å². The molecular weight excluding hydrogens is 352 g/mol. The predicted octanol–water partition coefficient (Wildman–Crippen LogP) is 2.81. The number of fused-ring (bicyclic) bond motifs is 1. The van der Waals surface area contributed by atoms with E-state index >= 15 is 0 Å². The van der Waals surface area contributed by atoms with E-state index in [1.165, 1.54) is 16.5 Å². The second-order valence-corrected chi connectivity index (χ2v) is 7.21. The van der Waals surface area contributed by atoms with Crippen molar-refractivity contribution < 1.29 is 9.59 Å². The normalized spacial score (nSPS) is 15.4. The summed E-state index contributed by atoms with van der Waals surface area (Å²) in [4.78, 5) is 29.6. The summed E-state index contributed by atoms with van der Waals surface area (Å²) in [6, 6.07) is 17.2. The summed E-state index contributed by atoms with van der Waals surface area (Å²) in [5.41, 5.74) is 8.04. The van der Waals surface area contributed by atoms with E-state index in [1.807, 2.05) is 12.1 Å². The van der Waals surface area contributed by atoms with Crippen molar-refractivity contribution in [2.75, 3.05) is 19.6 Å². The topological polar surface area (TPSA) is 77.2 Å². The molecular formula is C22H24N4O2. The zero-order valence-corrected chi connectivity index (χ0v) is 15.7. The molecule has 0 radical (unpaired) electrons. The third-order valence-electron chi connectivity index (χ3n) is 5.37. The Kier molecular flexibility index (Phi) is 5.39. The molecule has 0 saturated carbocycles. The lowest BCUT2D eigenvalue weighted by Gasteiger charge is -2.31. The molecule has 0 aliphatic carbocycles. The first-order valence-electron chi connectivity index (χ1n) is 9.63. The molecule has 4 rings (SSSR count). The Morgan fingerprint density at radius 2 is 1.68 bits per heavy atom. The highest BCUT2D eigenvalue weighted by atomic mass is 16.2. The van der Waals surface area contributed by atoms with Crippen LogP contribution in [0.5, 0.6) is 0 Å². The summed E-state index contributed by atoms with van der Waals surface area (Å²) in [6.07, 6.45) is 4.16. The molecule has 1 aliphatic rings. The van der Waals surface area contributed by atoms with E-state index in [0.29, 0.717) is 11.5 Å². The molecule has 1 fully saturated rings. The number of H-pyrrole nitrogens is 1. The molecule has 6 heteroatoms. The smallest absolute Gasteiger partial charge is 0.269 e. The second-order valence-electron chi connectivity index (χ2n) is 7.21. The molecule has 2 amide bonds. The largest absolute Gasteiger partial charge is 0.361 e. The number of para-hydroxylation sites is 1. The monoisotopic (exact) mass is 376 g/mol. The van der Waals surface area contributed by atoms with Gasteiger partial charge in [0, 0.05) is 22.7 Å².